The smallest absolute Gasteiger partial charge is 0.264 e. The van der Waals surface area contributed by atoms with Gasteiger partial charge in [-0.25, -0.2) is 0 Å². The molecular weight excluding hydrogens is 266 g/mol. The van der Waals surface area contributed by atoms with E-state index in [0.29, 0.717) is 16.3 Å². The van der Waals surface area contributed by atoms with Crippen molar-refractivity contribution >= 4 is 29.0 Å². The number of halogens is 1. The van der Waals surface area contributed by atoms with E-state index in [1.54, 1.807) is 24.3 Å². The van der Waals surface area contributed by atoms with Gasteiger partial charge in [-0.05, 0) is 13.0 Å². The second-order valence-corrected chi connectivity index (χ2v) is 4.99. The lowest BCUT2D eigenvalue weighted by atomic mass is 9.90. The van der Waals surface area contributed by atoms with E-state index < -0.39 is 11.5 Å². The largest absolute Gasteiger partial charge is 0.375 e. The van der Waals surface area contributed by atoms with Crippen molar-refractivity contribution in [2.24, 2.45) is 0 Å². The molecular formula is C14H14ClNO3. The minimum Gasteiger partial charge on any atom is -0.375 e. The van der Waals surface area contributed by atoms with Crippen LogP contribution in [0, 0.1) is 0 Å². The Balaban J connectivity index is 2.62. The molecule has 0 saturated carbocycles. The summed E-state index contributed by atoms with van der Waals surface area (Å²) < 4.78 is 0. The summed E-state index contributed by atoms with van der Waals surface area (Å²) in [5, 5.41) is 11.0. The lowest BCUT2D eigenvalue weighted by Crippen LogP contribution is -2.41. The van der Waals surface area contributed by atoms with Gasteiger partial charge in [-0.3, -0.25) is 9.59 Å². The monoisotopic (exact) mass is 279 g/mol. The van der Waals surface area contributed by atoms with Gasteiger partial charge in [0, 0.05) is 18.5 Å². The summed E-state index contributed by atoms with van der Waals surface area (Å²) in [6.45, 7) is 5.16. The van der Waals surface area contributed by atoms with Crippen molar-refractivity contribution in [2.45, 2.75) is 18.9 Å². The number of benzene rings is 1. The number of carbonyl (C=O) groups excluding carboxylic acids is 2. The Labute approximate surface area is 116 Å². The molecule has 1 amide bonds. The molecule has 0 saturated heterocycles. The first-order valence-electron chi connectivity index (χ1n) is 5.85. The molecule has 1 aliphatic rings. The molecule has 2 rings (SSSR count). The second kappa shape index (κ2) is 4.79. The highest BCUT2D eigenvalue weighted by molar-refractivity contribution is 6.35. The Kier molecular flexibility index (Phi) is 3.47. The van der Waals surface area contributed by atoms with Gasteiger partial charge in [-0.2, -0.15) is 0 Å². The molecule has 1 unspecified atom stereocenters. The molecule has 1 aromatic rings. The van der Waals surface area contributed by atoms with E-state index in [2.05, 4.69) is 6.58 Å². The van der Waals surface area contributed by atoms with Gasteiger partial charge in [-0.15, -0.1) is 6.58 Å². The van der Waals surface area contributed by atoms with Gasteiger partial charge in [0.25, 0.3) is 5.91 Å². The maximum Gasteiger partial charge on any atom is 0.264 e. The molecule has 4 nitrogen and oxygen atoms in total. The average Bonchev–Trinajstić information content (AvgIpc) is 2.53. The first kappa shape index (κ1) is 13.8. The molecule has 19 heavy (non-hydrogen) atoms. The van der Waals surface area contributed by atoms with Crippen molar-refractivity contribution in [3.05, 3.63) is 41.4 Å². The van der Waals surface area contributed by atoms with Gasteiger partial charge in [0.1, 0.15) is 5.78 Å². The molecule has 0 aliphatic carbocycles. The minimum atomic E-state index is -1.82. The van der Waals surface area contributed by atoms with Crippen molar-refractivity contribution in [1.29, 1.82) is 0 Å². The number of ketones is 1. The van der Waals surface area contributed by atoms with Crippen LogP contribution in [0.3, 0.4) is 0 Å². The molecule has 1 aliphatic heterocycles. The number of anilines is 1. The molecule has 1 N–H and O–H groups in total. The fourth-order valence-corrected chi connectivity index (χ4v) is 2.67. The van der Waals surface area contributed by atoms with Crippen LogP contribution in [0.15, 0.2) is 30.9 Å². The third kappa shape index (κ3) is 2.07. The van der Waals surface area contributed by atoms with E-state index in [9.17, 15) is 14.7 Å². The second-order valence-electron chi connectivity index (χ2n) is 4.58. The lowest BCUT2D eigenvalue weighted by molar-refractivity contribution is -0.141. The molecule has 5 heteroatoms. The summed E-state index contributed by atoms with van der Waals surface area (Å²) in [4.78, 5) is 25.1. The molecule has 0 bridgehead atoms. The van der Waals surface area contributed by atoms with E-state index in [1.807, 2.05) is 0 Å². The van der Waals surface area contributed by atoms with E-state index in [1.165, 1.54) is 11.8 Å². The number of hydrogen-bond donors (Lipinski definition) is 1. The zero-order valence-electron chi connectivity index (χ0n) is 10.5. The van der Waals surface area contributed by atoms with Crippen LogP contribution >= 0.6 is 11.6 Å². The maximum atomic E-state index is 12.4. The van der Waals surface area contributed by atoms with E-state index >= 15 is 0 Å². The molecule has 0 spiro atoms. The highest BCUT2D eigenvalue weighted by atomic mass is 35.5. The minimum absolute atomic E-state index is 0.232. The number of carbonyl (C=O) groups is 2. The Bertz CT molecular complexity index is 570. The van der Waals surface area contributed by atoms with Crippen molar-refractivity contribution in [3.63, 3.8) is 0 Å². The van der Waals surface area contributed by atoms with E-state index in [4.69, 9.17) is 11.6 Å². The predicted octanol–water partition coefficient (Wildman–Crippen LogP) is 2.04. The standard InChI is InChI=1S/C14H14ClNO3/c1-3-7-16-12-10(5-4-6-11(12)15)14(19,13(16)18)8-9(2)17/h3-6,19H,1,7-8H2,2H3. The van der Waals surface area contributed by atoms with Crippen LogP contribution < -0.4 is 4.90 Å². The number of nitrogens with zero attached hydrogens (tertiary/aromatic N) is 1. The molecule has 0 fully saturated rings. The molecule has 0 radical (unpaired) electrons. The predicted molar refractivity (Wildman–Crippen MR) is 73.2 cm³/mol. The normalized spacial score (nSPS) is 21.4. The number of Topliss-reactive ketones (excluding diaryl/α,β-unsaturated/α-hetero) is 1. The zero-order chi connectivity index (χ0) is 14.2. The molecule has 1 heterocycles. The summed E-state index contributed by atoms with van der Waals surface area (Å²) in [7, 11) is 0. The quantitative estimate of drug-likeness (QED) is 0.858. The average molecular weight is 280 g/mol. The van der Waals surface area contributed by atoms with Crippen molar-refractivity contribution in [2.75, 3.05) is 11.4 Å². The zero-order valence-corrected chi connectivity index (χ0v) is 11.3. The number of fused-ring (bicyclic) bond motifs is 1. The highest BCUT2D eigenvalue weighted by Gasteiger charge is 2.50. The topological polar surface area (TPSA) is 57.6 Å². The Morgan fingerprint density at radius 3 is 2.84 bits per heavy atom. The van der Waals surface area contributed by atoms with Crippen LogP contribution in [-0.2, 0) is 15.2 Å². The number of rotatable bonds is 4. The summed E-state index contributed by atoms with van der Waals surface area (Å²) in [5.41, 5.74) is -0.991. The third-order valence-electron chi connectivity index (χ3n) is 3.12. The molecule has 1 atom stereocenters. The highest BCUT2D eigenvalue weighted by Crippen LogP contribution is 2.45. The number of para-hydroxylation sites is 1. The van der Waals surface area contributed by atoms with Gasteiger partial charge in [0.2, 0.25) is 0 Å². The van der Waals surface area contributed by atoms with Gasteiger partial charge in [-0.1, -0.05) is 29.8 Å². The van der Waals surface area contributed by atoms with Gasteiger partial charge in [0.15, 0.2) is 5.60 Å². The first-order valence-corrected chi connectivity index (χ1v) is 6.23. The fraction of sp³-hybridized carbons (Fsp3) is 0.286. The fourth-order valence-electron chi connectivity index (χ4n) is 2.40. The van der Waals surface area contributed by atoms with Crippen LogP contribution in [0.5, 0.6) is 0 Å². The van der Waals surface area contributed by atoms with Gasteiger partial charge in [0.05, 0.1) is 10.7 Å². The maximum absolute atomic E-state index is 12.4. The Hall–Kier alpha value is -1.65. The molecule has 1 aromatic carbocycles. The summed E-state index contributed by atoms with van der Waals surface area (Å²) in [6, 6.07) is 4.91. The number of aliphatic hydroxyl groups is 1. The summed E-state index contributed by atoms with van der Waals surface area (Å²) in [5.74, 6) is -0.798. The number of amides is 1. The van der Waals surface area contributed by atoms with Crippen LogP contribution in [0.2, 0.25) is 5.02 Å². The molecule has 100 valence electrons. The van der Waals surface area contributed by atoms with E-state index in [-0.39, 0.29) is 18.7 Å². The third-order valence-corrected chi connectivity index (χ3v) is 3.42. The summed E-state index contributed by atoms with van der Waals surface area (Å²) in [6.07, 6.45) is 1.29. The summed E-state index contributed by atoms with van der Waals surface area (Å²) >= 11 is 6.11. The Morgan fingerprint density at radius 1 is 1.58 bits per heavy atom. The van der Waals surface area contributed by atoms with Crippen LogP contribution in [0.4, 0.5) is 5.69 Å². The lowest BCUT2D eigenvalue weighted by Gasteiger charge is -2.21. The van der Waals surface area contributed by atoms with Crippen LogP contribution in [0.1, 0.15) is 18.9 Å². The van der Waals surface area contributed by atoms with Gasteiger partial charge < -0.3 is 10.0 Å². The van der Waals surface area contributed by atoms with Crippen molar-refractivity contribution < 1.29 is 14.7 Å². The Morgan fingerprint density at radius 2 is 2.26 bits per heavy atom. The van der Waals surface area contributed by atoms with Gasteiger partial charge >= 0.3 is 0 Å². The SMILES string of the molecule is C=CCN1C(=O)C(O)(CC(C)=O)c2cccc(Cl)c21. The van der Waals surface area contributed by atoms with Crippen molar-refractivity contribution in [1.82, 2.24) is 0 Å². The molecule has 0 aromatic heterocycles. The first-order chi connectivity index (χ1) is 8.91. The van der Waals surface area contributed by atoms with Crippen LogP contribution in [-0.4, -0.2) is 23.3 Å². The van der Waals surface area contributed by atoms with Crippen LogP contribution in [0.25, 0.3) is 0 Å². The van der Waals surface area contributed by atoms with Crippen molar-refractivity contribution in [3.8, 4) is 0 Å². The number of hydrogen-bond acceptors (Lipinski definition) is 3. The van der Waals surface area contributed by atoms with E-state index in [0.717, 1.165) is 0 Å².